The van der Waals surface area contributed by atoms with Crippen molar-refractivity contribution in [1.82, 2.24) is 39.6 Å². The predicted octanol–water partition coefficient (Wildman–Crippen LogP) is 3.91. The lowest BCUT2D eigenvalue weighted by molar-refractivity contribution is -0.00867. The highest BCUT2D eigenvalue weighted by atomic mass is 15.4. The highest BCUT2D eigenvalue weighted by Gasteiger charge is 2.44. The summed E-state index contributed by atoms with van der Waals surface area (Å²) in [7, 11) is 0. The van der Waals surface area contributed by atoms with Crippen LogP contribution in [0.3, 0.4) is 0 Å². The van der Waals surface area contributed by atoms with Crippen LogP contribution in [0.15, 0.2) is 73.4 Å². The molecule has 0 spiro atoms. The molecule has 4 aliphatic rings. The molecular weight excluding hydrogens is 524 g/mol. The number of piperazine rings is 1. The van der Waals surface area contributed by atoms with Gasteiger partial charge >= 0.3 is 0 Å². The fourth-order valence-electron chi connectivity index (χ4n) is 6.82. The van der Waals surface area contributed by atoms with E-state index >= 15 is 0 Å². The van der Waals surface area contributed by atoms with E-state index < -0.39 is 0 Å². The van der Waals surface area contributed by atoms with Crippen molar-refractivity contribution in [1.29, 1.82) is 5.26 Å². The number of aromatic nitrogens is 6. The van der Waals surface area contributed by atoms with Crippen LogP contribution in [-0.4, -0.2) is 72.5 Å². The number of hydrogen-bond acceptors (Lipinski definition) is 8. The van der Waals surface area contributed by atoms with Gasteiger partial charge in [0.15, 0.2) is 0 Å². The highest BCUT2D eigenvalue weighted by molar-refractivity contribution is 5.83. The van der Waals surface area contributed by atoms with Crippen molar-refractivity contribution in [3.8, 4) is 28.6 Å². The standard InChI is InChI=1S/C32H32N10/c33-13-24-15-37-42-21-29(25-16-36-41(18-25)26-8-10-34-11-9-26)38-31(32(24)42)23-6-7-30(35-14-23)39-19-27-12-28(20-39)40(27)17-22-4-2-1-3-5-22/h1-7,14-16,18,21,26-28,34H,8-12,17,19-20H2. The minimum absolute atomic E-state index is 0.390. The Morgan fingerprint density at radius 3 is 2.48 bits per heavy atom. The molecule has 2 unspecified atom stereocenters. The van der Waals surface area contributed by atoms with Crippen molar-refractivity contribution in [2.75, 3.05) is 31.1 Å². The summed E-state index contributed by atoms with van der Waals surface area (Å²) in [4.78, 5) is 15.0. The van der Waals surface area contributed by atoms with E-state index in [1.807, 2.05) is 18.6 Å². The topological polar surface area (TPSA) is 103 Å². The SMILES string of the molecule is N#Cc1cnn2cc(-c3cnn(C4CCNCC4)c3)nc(-c3ccc(N4CC5CC(C4)N5Cc4ccccc4)nc3)c12. The molecule has 2 atom stereocenters. The Morgan fingerprint density at radius 2 is 1.71 bits per heavy atom. The third-order valence-corrected chi connectivity index (χ3v) is 9.09. The second-order valence-electron chi connectivity index (χ2n) is 11.6. The largest absolute Gasteiger partial charge is 0.353 e. The monoisotopic (exact) mass is 556 g/mol. The van der Waals surface area contributed by atoms with Gasteiger partial charge in [-0.1, -0.05) is 30.3 Å². The summed E-state index contributed by atoms with van der Waals surface area (Å²) in [5.41, 5.74) is 5.82. The molecule has 4 aromatic heterocycles. The molecule has 10 heteroatoms. The molecular formula is C32H32N10. The van der Waals surface area contributed by atoms with Gasteiger partial charge in [0.25, 0.3) is 0 Å². The Morgan fingerprint density at radius 1 is 0.881 bits per heavy atom. The maximum Gasteiger partial charge on any atom is 0.128 e. The molecule has 5 aromatic rings. The Bertz CT molecular complexity index is 1750. The number of hydrogen-bond donors (Lipinski definition) is 1. The average molecular weight is 557 g/mol. The fraction of sp³-hybridized carbons (Fsp3) is 0.344. The van der Waals surface area contributed by atoms with Crippen LogP contribution in [0, 0.1) is 11.3 Å². The van der Waals surface area contributed by atoms with Crippen molar-refractivity contribution in [3.05, 3.63) is 84.6 Å². The lowest BCUT2D eigenvalue weighted by Crippen LogP contribution is -2.68. The van der Waals surface area contributed by atoms with Crippen LogP contribution >= 0.6 is 0 Å². The Hall–Kier alpha value is -4.59. The summed E-state index contributed by atoms with van der Waals surface area (Å²) in [6.45, 7) is 4.99. The molecule has 10 nitrogen and oxygen atoms in total. The van der Waals surface area contributed by atoms with Gasteiger partial charge in [-0.25, -0.2) is 14.5 Å². The molecule has 0 radical (unpaired) electrons. The number of benzene rings is 1. The molecule has 1 aromatic carbocycles. The number of pyridine rings is 1. The maximum atomic E-state index is 9.81. The van der Waals surface area contributed by atoms with Gasteiger partial charge in [0.1, 0.15) is 23.0 Å². The number of nitriles is 1. The van der Waals surface area contributed by atoms with E-state index in [0.717, 1.165) is 68.2 Å². The van der Waals surface area contributed by atoms with Crippen LogP contribution in [0.1, 0.15) is 36.4 Å². The Labute approximate surface area is 244 Å². The maximum absolute atomic E-state index is 9.81. The lowest BCUT2D eigenvalue weighted by Gasteiger charge is -2.56. The second-order valence-corrected chi connectivity index (χ2v) is 11.6. The van der Waals surface area contributed by atoms with Crippen molar-refractivity contribution < 1.29 is 0 Å². The zero-order valence-electron chi connectivity index (χ0n) is 23.3. The van der Waals surface area contributed by atoms with Crippen LogP contribution < -0.4 is 10.2 Å². The smallest absolute Gasteiger partial charge is 0.128 e. The van der Waals surface area contributed by atoms with E-state index in [-0.39, 0.29) is 0 Å². The van der Waals surface area contributed by atoms with E-state index in [2.05, 4.69) is 84.7 Å². The number of nitrogens with one attached hydrogen (secondary N) is 1. The molecule has 4 saturated heterocycles. The molecule has 8 heterocycles. The third-order valence-electron chi connectivity index (χ3n) is 9.09. The molecule has 9 rings (SSSR count). The minimum atomic E-state index is 0.390. The van der Waals surface area contributed by atoms with Crippen LogP contribution in [0.4, 0.5) is 5.82 Å². The van der Waals surface area contributed by atoms with Crippen LogP contribution in [0.2, 0.25) is 0 Å². The summed E-state index contributed by atoms with van der Waals surface area (Å²) in [6.07, 6.45) is 12.7. The van der Waals surface area contributed by atoms with E-state index in [4.69, 9.17) is 9.97 Å². The summed E-state index contributed by atoms with van der Waals surface area (Å²) in [5.74, 6) is 0.984. The lowest BCUT2D eigenvalue weighted by atomic mass is 9.86. The van der Waals surface area contributed by atoms with Gasteiger partial charge in [-0.15, -0.1) is 0 Å². The van der Waals surface area contributed by atoms with Gasteiger partial charge in [-0.2, -0.15) is 15.5 Å². The number of piperidine rings is 2. The van der Waals surface area contributed by atoms with E-state index in [9.17, 15) is 5.26 Å². The molecule has 42 heavy (non-hydrogen) atoms. The first-order valence-electron chi connectivity index (χ1n) is 14.8. The van der Waals surface area contributed by atoms with Crippen molar-refractivity contribution >= 4 is 11.3 Å². The first kappa shape index (κ1) is 25.1. The first-order valence-corrected chi connectivity index (χ1v) is 14.8. The minimum Gasteiger partial charge on any atom is -0.353 e. The number of rotatable bonds is 6. The average Bonchev–Trinajstić information content (AvgIpc) is 3.72. The van der Waals surface area contributed by atoms with E-state index in [0.29, 0.717) is 34.9 Å². The molecule has 0 amide bonds. The number of nitrogens with zero attached hydrogens (tertiary/aromatic N) is 9. The van der Waals surface area contributed by atoms with Crippen molar-refractivity contribution in [3.63, 3.8) is 0 Å². The predicted molar refractivity (Wildman–Crippen MR) is 160 cm³/mol. The zero-order valence-corrected chi connectivity index (χ0v) is 23.3. The molecule has 0 saturated carbocycles. The summed E-state index contributed by atoms with van der Waals surface area (Å²) < 4.78 is 3.82. The Balaban J connectivity index is 1.06. The van der Waals surface area contributed by atoms with Crippen molar-refractivity contribution in [2.45, 2.75) is 43.9 Å². The normalized spacial score (nSPS) is 20.9. The summed E-state index contributed by atoms with van der Waals surface area (Å²) in [6, 6.07) is 18.7. The molecule has 1 N–H and O–H groups in total. The van der Waals surface area contributed by atoms with E-state index in [1.165, 1.54) is 12.0 Å². The molecule has 210 valence electrons. The molecule has 4 fully saturated rings. The van der Waals surface area contributed by atoms with Crippen molar-refractivity contribution in [2.24, 2.45) is 0 Å². The van der Waals surface area contributed by atoms with Gasteiger partial charge in [0.2, 0.25) is 0 Å². The fourth-order valence-corrected chi connectivity index (χ4v) is 6.82. The molecule has 2 bridgehead atoms. The Kier molecular flexibility index (Phi) is 6.20. The van der Waals surface area contributed by atoms with Crippen LogP contribution in [-0.2, 0) is 6.54 Å². The van der Waals surface area contributed by atoms with Crippen LogP contribution in [0.5, 0.6) is 0 Å². The van der Waals surface area contributed by atoms with Gasteiger partial charge in [-0.05, 0) is 50.0 Å². The van der Waals surface area contributed by atoms with Gasteiger partial charge in [0.05, 0.1) is 36.0 Å². The van der Waals surface area contributed by atoms with E-state index in [1.54, 1.807) is 10.7 Å². The third kappa shape index (κ3) is 4.42. The summed E-state index contributed by atoms with van der Waals surface area (Å²) >= 11 is 0. The second kappa shape index (κ2) is 10.4. The number of anilines is 1. The first-order chi connectivity index (χ1) is 20.7. The van der Waals surface area contributed by atoms with Gasteiger partial charge in [-0.3, -0.25) is 9.58 Å². The quantitative estimate of drug-likeness (QED) is 0.336. The van der Waals surface area contributed by atoms with Gasteiger partial charge < -0.3 is 10.2 Å². The van der Waals surface area contributed by atoms with Gasteiger partial charge in [0, 0.05) is 55.2 Å². The highest BCUT2D eigenvalue weighted by Crippen LogP contribution is 2.36. The molecule has 0 aliphatic carbocycles. The number of fused-ring (bicyclic) bond motifs is 3. The zero-order chi connectivity index (χ0) is 28.0. The molecule has 4 aliphatic heterocycles. The van der Waals surface area contributed by atoms with Crippen LogP contribution in [0.25, 0.3) is 28.0 Å². The summed E-state index contributed by atoms with van der Waals surface area (Å²) in [5, 5.41) is 22.4.